The Labute approximate surface area is 126 Å². The standard InChI is InChI=1S/C18H34N2/c1-8-18(5,6)16-10-9-15(12-19)17(11-16)20(7)14(4)13(2)3/h13-17H,8-11H2,1-7H3. The van der Waals surface area contributed by atoms with Gasteiger partial charge in [0.15, 0.2) is 0 Å². The van der Waals surface area contributed by atoms with E-state index >= 15 is 0 Å². The van der Waals surface area contributed by atoms with E-state index in [4.69, 9.17) is 0 Å². The summed E-state index contributed by atoms with van der Waals surface area (Å²) in [5, 5.41) is 9.50. The molecule has 0 radical (unpaired) electrons. The topological polar surface area (TPSA) is 27.0 Å². The van der Waals surface area contributed by atoms with Crippen LogP contribution in [0.25, 0.3) is 0 Å². The maximum atomic E-state index is 9.50. The molecule has 4 unspecified atom stereocenters. The van der Waals surface area contributed by atoms with Crippen molar-refractivity contribution in [1.29, 1.82) is 5.26 Å². The second-order valence-electron chi connectivity index (χ2n) is 7.81. The largest absolute Gasteiger partial charge is 0.299 e. The van der Waals surface area contributed by atoms with Crippen LogP contribution in [-0.2, 0) is 0 Å². The average Bonchev–Trinajstić information content (AvgIpc) is 2.44. The molecule has 1 aliphatic carbocycles. The zero-order valence-corrected chi connectivity index (χ0v) is 14.6. The van der Waals surface area contributed by atoms with Crippen molar-refractivity contribution in [3.05, 3.63) is 0 Å². The molecule has 4 atom stereocenters. The molecule has 0 amide bonds. The summed E-state index contributed by atoms with van der Waals surface area (Å²) < 4.78 is 0. The first-order chi connectivity index (χ1) is 9.24. The predicted octanol–water partition coefficient (Wildman–Crippen LogP) is 4.71. The fourth-order valence-corrected chi connectivity index (χ4v) is 3.52. The highest BCUT2D eigenvalue weighted by molar-refractivity contribution is 5.00. The van der Waals surface area contributed by atoms with Crippen molar-refractivity contribution in [2.45, 2.75) is 79.3 Å². The molecule has 0 heterocycles. The highest BCUT2D eigenvalue weighted by Crippen LogP contribution is 2.43. The Morgan fingerprint density at radius 2 is 1.85 bits per heavy atom. The Kier molecular flexibility index (Phi) is 6.07. The molecule has 1 fully saturated rings. The van der Waals surface area contributed by atoms with Gasteiger partial charge in [-0.3, -0.25) is 4.90 Å². The molecule has 0 spiro atoms. The number of hydrogen-bond donors (Lipinski definition) is 0. The molecule has 1 saturated carbocycles. The maximum Gasteiger partial charge on any atom is 0.0672 e. The first-order valence-electron chi connectivity index (χ1n) is 8.36. The molecule has 2 nitrogen and oxygen atoms in total. The van der Waals surface area contributed by atoms with Crippen molar-refractivity contribution in [3.63, 3.8) is 0 Å². The van der Waals surface area contributed by atoms with Crippen LogP contribution in [0.2, 0.25) is 0 Å². The van der Waals surface area contributed by atoms with E-state index in [1.54, 1.807) is 0 Å². The summed E-state index contributed by atoms with van der Waals surface area (Å²) in [5.74, 6) is 1.60. The van der Waals surface area contributed by atoms with E-state index in [1.165, 1.54) is 19.3 Å². The van der Waals surface area contributed by atoms with Crippen LogP contribution in [0.4, 0.5) is 0 Å². The third-order valence-corrected chi connectivity index (χ3v) is 6.13. The van der Waals surface area contributed by atoms with Crippen LogP contribution in [0.1, 0.15) is 67.2 Å². The van der Waals surface area contributed by atoms with Crippen LogP contribution >= 0.6 is 0 Å². The van der Waals surface area contributed by atoms with E-state index in [0.29, 0.717) is 23.4 Å². The molecule has 20 heavy (non-hydrogen) atoms. The van der Waals surface area contributed by atoms with Crippen LogP contribution in [-0.4, -0.2) is 24.0 Å². The van der Waals surface area contributed by atoms with Gasteiger partial charge in [-0.15, -0.1) is 0 Å². The summed E-state index contributed by atoms with van der Waals surface area (Å²) in [5.41, 5.74) is 0.403. The fraction of sp³-hybridized carbons (Fsp3) is 0.944. The quantitative estimate of drug-likeness (QED) is 0.728. The van der Waals surface area contributed by atoms with E-state index in [9.17, 15) is 5.26 Å². The van der Waals surface area contributed by atoms with Gasteiger partial charge in [-0.25, -0.2) is 0 Å². The number of nitrogens with zero attached hydrogens (tertiary/aromatic N) is 2. The van der Waals surface area contributed by atoms with E-state index in [-0.39, 0.29) is 5.92 Å². The minimum absolute atomic E-state index is 0.213. The zero-order chi connectivity index (χ0) is 15.5. The van der Waals surface area contributed by atoms with Gasteiger partial charge in [0, 0.05) is 12.1 Å². The van der Waals surface area contributed by atoms with Gasteiger partial charge in [-0.05, 0) is 50.5 Å². The molecular weight excluding hydrogens is 244 g/mol. The Morgan fingerprint density at radius 3 is 2.30 bits per heavy atom. The zero-order valence-electron chi connectivity index (χ0n) is 14.6. The molecule has 0 saturated heterocycles. The second kappa shape index (κ2) is 6.94. The van der Waals surface area contributed by atoms with Crippen molar-refractivity contribution in [3.8, 4) is 6.07 Å². The minimum atomic E-state index is 0.213. The van der Waals surface area contributed by atoms with Gasteiger partial charge in [0.25, 0.3) is 0 Å². The monoisotopic (exact) mass is 278 g/mol. The molecule has 0 bridgehead atoms. The lowest BCUT2D eigenvalue weighted by Crippen LogP contribution is -2.49. The van der Waals surface area contributed by atoms with Crippen LogP contribution < -0.4 is 0 Å². The first-order valence-corrected chi connectivity index (χ1v) is 8.36. The molecule has 0 aromatic heterocycles. The summed E-state index contributed by atoms with van der Waals surface area (Å²) in [4.78, 5) is 2.48. The van der Waals surface area contributed by atoms with E-state index in [2.05, 4.69) is 59.6 Å². The Bertz CT molecular complexity index is 340. The summed E-state index contributed by atoms with van der Waals surface area (Å²) in [6.45, 7) is 13.9. The highest BCUT2D eigenvalue weighted by atomic mass is 15.2. The molecule has 1 aliphatic rings. The lowest BCUT2D eigenvalue weighted by atomic mass is 9.65. The molecule has 0 aromatic rings. The summed E-state index contributed by atoms with van der Waals surface area (Å²) in [6, 6.07) is 3.55. The molecule has 0 aliphatic heterocycles. The predicted molar refractivity (Wildman–Crippen MR) is 86.4 cm³/mol. The fourth-order valence-electron chi connectivity index (χ4n) is 3.52. The molecule has 1 rings (SSSR count). The van der Waals surface area contributed by atoms with Gasteiger partial charge in [0.1, 0.15) is 0 Å². The minimum Gasteiger partial charge on any atom is -0.299 e. The van der Waals surface area contributed by atoms with Crippen molar-refractivity contribution < 1.29 is 0 Å². The van der Waals surface area contributed by atoms with E-state index in [1.807, 2.05) is 0 Å². The van der Waals surface area contributed by atoms with Crippen LogP contribution in [0.15, 0.2) is 0 Å². The van der Waals surface area contributed by atoms with Crippen molar-refractivity contribution in [2.75, 3.05) is 7.05 Å². The van der Waals surface area contributed by atoms with Crippen LogP contribution in [0.5, 0.6) is 0 Å². The Morgan fingerprint density at radius 1 is 1.25 bits per heavy atom. The van der Waals surface area contributed by atoms with Gasteiger partial charge >= 0.3 is 0 Å². The molecular formula is C18H34N2. The number of hydrogen-bond acceptors (Lipinski definition) is 2. The van der Waals surface area contributed by atoms with Crippen molar-refractivity contribution in [2.24, 2.45) is 23.2 Å². The lowest BCUT2D eigenvalue weighted by Gasteiger charge is -2.46. The SMILES string of the molecule is CCC(C)(C)C1CCC(C#N)C(N(C)C(C)C(C)C)C1. The number of nitriles is 1. The van der Waals surface area contributed by atoms with Crippen LogP contribution in [0.3, 0.4) is 0 Å². The summed E-state index contributed by atoms with van der Waals surface area (Å²) in [6.07, 6.45) is 4.71. The van der Waals surface area contributed by atoms with Gasteiger partial charge in [0.2, 0.25) is 0 Å². The summed E-state index contributed by atoms with van der Waals surface area (Å²) in [7, 11) is 2.22. The smallest absolute Gasteiger partial charge is 0.0672 e. The molecule has 116 valence electrons. The second-order valence-corrected chi connectivity index (χ2v) is 7.81. The average molecular weight is 278 g/mol. The Balaban J connectivity index is 2.87. The maximum absolute atomic E-state index is 9.50. The summed E-state index contributed by atoms with van der Waals surface area (Å²) >= 11 is 0. The third kappa shape index (κ3) is 3.76. The third-order valence-electron chi connectivity index (χ3n) is 6.13. The first kappa shape index (κ1) is 17.5. The highest BCUT2D eigenvalue weighted by Gasteiger charge is 2.40. The number of rotatable bonds is 5. The molecule has 0 N–H and O–H groups in total. The van der Waals surface area contributed by atoms with Crippen LogP contribution in [0, 0.1) is 34.5 Å². The normalized spacial score (nSPS) is 29.5. The van der Waals surface area contributed by atoms with Gasteiger partial charge in [0.05, 0.1) is 12.0 Å². The van der Waals surface area contributed by atoms with E-state index < -0.39 is 0 Å². The molecule has 2 heteroatoms. The van der Waals surface area contributed by atoms with Gasteiger partial charge in [-0.2, -0.15) is 5.26 Å². The van der Waals surface area contributed by atoms with Gasteiger partial charge in [-0.1, -0.05) is 41.0 Å². The van der Waals surface area contributed by atoms with Gasteiger partial charge < -0.3 is 0 Å². The van der Waals surface area contributed by atoms with E-state index in [0.717, 1.165) is 12.3 Å². The van der Waals surface area contributed by atoms with Crippen molar-refractivity contribution >= 4 is 0 Å². The lowest BCUT2D eigenvalue weighted by molar-refractivity contribution is 0.0371. The van der Waals surface area contributed by atoms with Crippen molar-refractivity contribution in [1.82, 2.24) is 4.90 Å². The Hall–Kier alpha value is -0.550. The molecule has 0 aromatic carbocycles.